The van der Waals surface area contributed by atoms with Crippen LogP contribution in [0.3, 0.4) is 0 Å². The van der Waals surface area contributed by atoms with Crippen molar-refractivity contribution in [3.05, 3.63) is 35.4 Å². The van der Waals surface area contributed by atoms with Gasteiger partial charge in [0, 0.05) is 22.5 Å². The molecule has 1 atom stereocenters. The van der Waals surface area contributed by atoms with Crippen LogP contribution in [-0.4, -0.2) is 15.7 Å². The van der Waals surface area contributed by atoms with Crippen LogP contribution in [0.4, 0.5) is 0 Å². The molecule has 0 N–H and O–H groups in total. The molecule has 2 rings (SSSR count). The summed E-state index contributed by atoms with van der Waals surface area (Å²) < 4.78 is 11.8. The third kappa shape index (κ3) is 3.01. The van der Waals surface area contributed by atoms with Gasteiger partial charge in [0.15, 0.2) is 0 Å². The zero-order chi connectivity index (χ0) is 11.5. The molecule has 1 saturated carbocycles. The van der Waals surface area contributed by atoms with Crippen molar-refractivity contribution < 1.29 is 9.00 Å². The Morgan fingerprint density at radius 3 is 2.69 bits per heavy atom. The van der Waals surface area contributed by atoms with E-state index in [0.717, 1.165) is 24.0 Å². The lowest BCUT2D eigenvalue weighted by molar-refractivity contribution is -0.117. The molecule has 1 aliphatic rings. The van der Waals surface area contributed by atoms with Crippen LogP contribution in [0.2, 0.25) is 0 Å². The van der Waals surface area contributed by atoms with E-state index in [1.54, 1.807) is 0 Å². The molecule has 2 nitrogen and oxygen atoms in total. The summed E-state index contributed by atoms with van der Waals surface area (Å²) in [4.78, 5) is 11.5. The van der Waals surface area contributed by atoms with E-state index in [1.165, 1.54) is 0 Å². The van der Waals surface area contributed by atoms with Gasteiger partial charge in [-0.25, -0.2) is 0 Å². The van der Waals surface area contributed by atoms with Crippen molar-refractivity contribution in [3.8, 4) is 0 Å². The molecule has 3 heteroatoms. The molecular weight excluding hydrogens is 220 g/mol. The van der Waals surface area contributed by atoms with Crippen molar-refractivity contribution >= 4 is 16.6 Å². The highest BCUT2D eigenvalue weighted by Gasteiger charge is 2.30. The van der Waals surface area contributed by atoms with Gasteiger partial charge in [0.2, 0.25) is 0 Å². The van der Waals surface area contributed by atoms with Crippen LogP contribution in [0.15, 0.2) is 24.3 Å². The molecule has 1 aromatic rings. The maximum atomic E-state index is 11.8. The fourth-order valence-electron chi connectivity index (χ4n) is 1.68. The molecule has 16 heavy (non-hydrogen) atoms. The third-order valence-corrected chi connectivity index (χ3v) is 4.15. The van der Waals surface area contributed by atoms with Crippen molar-refractivity contribution in [1.82, 2.24) is 0 Å². The quantitative estimate of drug-likeness (QED) is 0.785. The number of rotatable bonds is 5. The number of carbonyl (C=O) groups excluding carboxylic acids is 1. The molecule has 0 aromatic heterocycles. The summed E-state index contributed by atoms with van der Waals surface area (Å²) in [7, 11) is -1.04. The minimum atomic E-state index is -1.04. The first-order valence-corrected chi connectivity index (χ1v) is 7.08. The van der Waals surface area contributed by atoms with Crippen LogP contribution in [0, 0.1) is 12.8 Å². The average molecular weight is 236 g/mol. The largest absolute Gasteiger partial charge is 0.298 e. The Morgan fingerprint density at radius 1 is 1.38 bits per heavy atom. The van der Waals surface area contributed by atoms with Gasteiger partial charge in [-0.3, -0.25) is 9.00 Å². The summed E-state index contributed by atoms with van der Waals surface area (Å²) in [5.41, 5.74) is 2.24. The Hall–Kier alpha value is -0.960. The van der Waals surface area contributed by atoms with Crippen molar-refractivity contribution in [1.29, 1.82) is 0 Å². The number of hydrogen-bond acceptors (Lipinski definition) is 2. The van der Waals surface area contributed by atoms with Crippen LogP contribution < -0.4 is 0 Å². The fraction of sp³-hybridized carbons (Fsp3) is 0.462. The van der Waals surface area contributed by atoms with E-state index in [0.29, 0.717) is 5.75 Å². The number of carbonyl (C=O) groups is 1. The molecule has 0 amide bonds. The Morgan fingerprint density at radius 2 is 2.06 bits per heavy atom. The smallest absolute Gasteiger partial charge is 0.148 e. The molecule has 0 spiro atoms. The van der Waals surface area contributed by atoms with Gasteiger partial charge in [-0.15, -0.1) is 0 Å². The SMILES string of the molecule is Cc1ccccc1CS(=O)CC(=O)C1CC1. The van der Waals surface area contributed by atoms with Gasteiger partial charge in [0.05, 0.1) is 5.75 Å². The van der Waals surface area contributed by atoms with E-state index >= 15 is 0 Å². The topological polar surface area (TPSA) is 34.1 Å². The van der Waals surface area contributed by atoms with E-state index in [9.17, 15) is 9.00 Å². The van der Waals surface area contributed by atoms with Gasteiger partial charge in [0.1, 0.15) is 5.78 Å². The second-order valence-electron chi connectivity index (χ2n) is 4.40. The molecule has 1 fully saturated rings. The summed E-state index contributed by atoms with van der Waals surface area (Å²) >= 11 is 0. The van der Waals surface area contributed by atoms with E-state index in [2.05, 4.69) is 0 Å². The molecule has 1 aliphatic carbocycles. The highest BCUT2D eigenvalue weighted by atomic mass is 32.2. The molecule has 0 aliphatic heterocycles. The summed E-state index contributed by atoms with van der Waals surface area (Å²) in [6, 6.07) is 7.91. The van der Waals surface area contributed by atoms with Gasteiger partial charge in [-0.05, 0) is 30.9 Å². The first kappa shape index (κ1) is 11.5. The van der Waals surface area contributed by atoms with E-state index in [-0.39, 0.29) is 17.5 Å². The number of Topliss-reactive ketones (excluding diaryl/α,β-unsaturated/α-hetero) is 1. The summed E-state index contributed by atoms with van der Waals surface area (Å²) in [6.07, 6.45) is 2.00. The van der Waals surface area contributed by atoms with E-state index in [4.69, 9.17) is 0 Å². The Balaban J connectivity index is 1.91. The first-order valence-electron chi connectivity index (χ1n) is 5.59. The van der Waals surface area contributed by atoms with Gasteiger partial charge >= 0.3 is 0 Å². The fourth-order valence-corrected chi connectivity index (χ4v) is 3.00. The van der Waals surface area contributed by atoms with E-state index in [1.807, 2.05) is 31.2 Å². The lowest BCUT2D eigenvalue weighted by Crippen LogP contribution is -2.13. The lowest BCUT2D eigenvalue weighted by atomic mass is 10.1. The molecule has 0 saturated heterocycles. The highest BCUT2D eigenvalue weighted by Crippen LogP contribution is 2.30. The second-order valence-corrected chi connectivity index (χ2v) is 5.85. The monoisotopic (exact) mass is 236 g/mol. The summed E-state index contributed by atoms with van der Waals surface area (Å²) in [5, 5.41) is 0. The molecule has 0 heterocycles. The maximum Gasteiger partial charge on any atom is 0.148 e. The molecule has 86 valence electrons. The van der Waals surface area contributed by atoms with Crippen molar-refractivity contribution in [2.75, 3.05) is 5.75 Å². The zero-order valence-electron chi connectivity index (χ0n) is 9.44. The Kier molecular flexibility index (Phi) is 3.54. The normalized spacial score (nSPS) is 17.1. The third-order valence-electron chi connectivity index (χ3n) is 2.91. The molecular formula is C13H16O2S. The van der Waals surface area contributed by atoms with Crippen LogP contribution in [-0.2, 0) is 21.3 Å². The van der Waals surface area contributed by atoms with Crippen LogP contribution in [0.1, 0.15) is 24.0 Å². The second kappa shape index (κ2) is 4.91. The van der Waals surface area contributed by atoms with Crippen LogP contribution in [0.5, 0.6) is 0 Å². The standard InChI is InChI=1S/C13H16O2S/c1-10-4-2-3-5-12(10)8-16(15)9-13(14)11-6-7-11/h2-5,11H,6-9H2,1H3. The van der Waals surface area contributed by atoms with Gasteiger partial charge in [0.25, 0.3) is 0 Å². The molecule has 1 unspecified atom stereocenters. The number of benzene rings is 1. The van der Waals surface area contributed by atoms with Gasteiger partial charge in [-0.2, -0.15) is 0 Å². The van der Waals surface area contributed by atoms with E-state index < -0.39 is 10.8 Å². The zero-order valence-corrected chi connectivity index (χ0v) is 10.3. The van der Waals surface area contributed by atoms with Crippen LogP contribution in [0.25, 0.3) is 0 Å². The van der Waals surface area contributed by atoms with Crippen molar-refractivity contribution in [2.45, 2.75) is 25.5 Å². The number of ketones is 1. The lowest BCUT2D eigenvalue weighted by Gasteiger charge is -2.04. The molecule has 0 radical (unpaired) electrons. The van der Waals surface area contributed by atoms with Gasteiger partial charge < -0.3 is 0 Å². The van der Waals surface area contributed by atoms with Crippen molar-refractivity contribution in [3.63, 3.8) is 0 Å². The first-order chi connectivity index (χ1) is 7.66. The van der Waals surface area contributed by atoms with Crippen molar-refractivity contribution in [2.24, 2.45) is 5.92 Å². The minimum absolute atomic E-state index is 0.187. The Bertz CT molecular complexity index is 422. The minimum Gasteiger partial charge on any atom is -0.298 e. The summed E-state index contributed by atoms with van der Waals surface area (Å²) in [5.74, 6) is 1.15. The molecule has 1 aromatic carbocycles. The van der Waals surface area contributed by atoms with Crippen LogP contribution >= 0.6 is 0 Å². The number of hydrogen-bond donors (Lipinski definition) is 0. The molecule has 0 bridgehead atoms. The summed E-state index contributed by atoms with van der Waals surface area (Å²) in [6.45, 7) is 2.01. The predicted octanol–water partition coefficient (Wildman–Crippen LogP) is 2.22. The van der Waals surface area contributed by atoms with Gasteiger partial charge in [-0.1, -0.05) is 24.3 Å². The average Bonchev–Trinajstić information content (AvgIpc) is 3.04. The number of aryl methyl sites for hydroxylation is 1. The highest BCUT2D eigenvalue weighted by molar-refractivity contribution is 7.84. The predicted molar refractivity (Wildman–Crippen MR) is 65.6 cm³/mol. The maximum absolute atomic E-state index is 11.8. The Labute approximate surface area is 98.5 Å².